The van der Waals surface area contributed by atoms with Crippen LogP contribution in [0.2, 0.25) is 0 Å². The topological polar surface area (TPSA) is 3.24 Å². The summed E-state index contributed by atoms with van der Waals surface area (Å²) in [5.41, 5.74) is 0. The summed E-state index contributed by atoms with van der Waals surface area (Å²) >= 11 is 0. The van der Waals surface area contributed by atoms with Crippen LogP contribution in [-0.4, -0.2) is 24.5 Å². The van der Waals surface area contributed by atoms with E-state index >= 15 is 0 Å². The minimum Gasteiger partial charge on any atom is -0.304 e. The van der Waals surface area contributed by atoms with Gasteiger partial charge in [-0.1, -0.05) is 6.92 Å². The van der Waals surface area contributed by atoms with E-state index in [4.69, 9.17) is 0 Å². The van der Waals surface area contributed by atoms with Crippen molar-refractivity contribution in [3.63, 3.8) is 0 Å². The van der Waals surface area contributed by atoms with Crippen LogP contribution in [0.5, 0.6) is 0 Å². The van der Waals surface area contributed by atoms with Crippen LogP contribution in [0.3, 0.4) is 0 Å². The molecule has 0 aromatic heterocycles. The molecule has 1 heteroatoms. The molecule has 1 aliphatic rings. The van der Waals surface area contributed by atoms with Gasteiger partial charge in [-0.2, -0.15) is 0 Å². The molecule has 0 aromatic carbocycles. The first-order valence-corrected chi connectivity index (χ1v) is 5.98. The van der Waals surface area contributed by atoms with E-state index in [2.05, 4.69) is 23.7 Å². The highest BCUT2D eigenvalue weighted by Gasteiger charge is 2.16. The molecule has 1 nitrogen and oxygen atoms in total. The zero-order chi connectivity index (χ0) is 10.2. The van der Waals surface area contributed by atoms with E-state index in [1.165, 1.54) is 45.3 Å². The predicted octanol–water partition coefficient (Wildman–Crippen LogP) is 2.91. The van der Waals surface area contributed by atoms with E-state index in [1.807, 2.05) is 6.92 Å². The SMILES string of the molecule is CC#CCCCC1CCN(CC)CC1. The van der Waals surface area contributed by atoms with Crippen LogP contribution in [-0.2, 0) is 0 Å². The third-order valence-corrected chi connectivity index (χ3v) is 3.25. The molecule has 1 aliphatic heterocycles. The van der Waals surface area contributed by atoms with Gasteiger partial charge in [0, 0.05) is 6.42 Å². The maximum atomic E-state index is 3.15. The molecular weight excluding hydrogens is 170 g/mol. The van der Waals surface area contributed by atoms with Crippen LogP contribution in [0, 0.1) is 17.8 Å². The summed E-state index contributed by atoms with van der Waals surface area (Å²) in [6.07, 6.45) is 6.62. The van der Waals surface area contributed by atoms with Crippen LogP contribution in [0.25, 0.3) is 0 Å². The van der Waals surface area contributed by atoms with Gasteiger partial charge in [-0.15, -0.1) is 11.8 Å². The molecule has 0 bridgehead atoms. The van der Waals surface area contributed by atoms with Gasteiger partial charge in [-0.25, -0.2) is 0 Å². The Morgan fingerprint density at radius 3 is 2.57 bits per heavy atom. The van der Waals surface area contributed by atoms with Crippen molar-refractivity contribution in [1.29, 1.82) is 0 Å². The third-order valence-electron chi connectivity index (χ3n) is 3.25. The van der Waals surface area contributed by atoms with E-state index in [9.17, 15) is 0 Å². The molecule has 0 amide bonds. The fraction of sp³-hybridized carbons (Fsp3) is 0.846. The highest BCUT2D eigenvalue weighted by molar-refractivity contribution is 4.94. The summed E-state index contributed by atoms with van der Waals surface area (Å²) in [4.78, 5) is 2.56. The lowest BCUT2D eigenvalue weighted by Crippen LogP contribution is -2.33. The van der Waals surface area contributed by atoms with Crippen molar-refractivity contribution in [2.45, 2.75) is 46.0 Å². The minimum absolute atomic E-state index is 0.983. The Balaban J connectivity index is 2.06. The normalized spacial score (nSPS) is 19.0. The molecule has 0 spiro atoms. The van der Waals surface area contributed by atoms with Crippen molar-refractivity contribution in [3.05, 3.63) is 0 Å². The summed E-state index contributed by atoms with van der Waals surface area (Å²) in [5.74, 6) is 7.09. The van der Waals surface area contributed by atoms with Gasteiger partial charge in [-0.05, 0) is 58.2 Å². The van der Waals surface area contributed by atoms with Gasteiger partial charge in [0.15, 0.2) is 0 Å². The van der Waals surface area contributed by atoms with Crippen molar-refractivity contribution in [2.75, 3.05) is 19.6 Å². The summed E-state index contributed by atoms with van der Waals surface area (Å²) < 4.78 is 0. The Kier molecular flexibility index (Phi) is 5.71. The second kappa shape index (κ2) is 6.90. The average molecular weight is 193 g/mol. The molecule has 1 fully saturated rings. The summed E-state index contributed by atoms with van der Waals surface area (Å²) in [7, 11) is 0. The van der Waals surface area contributed by atoms with Crippen LogP contribution in [0.1, 0.15) is 46.0 Å². The Hall–Kier alpha value is -0.480. The molecule has 1 saturated heterocycles. The highest BCUT2D eigenvalue weighted by atomic mass is 15.1. The second-order valence-corrected chi connectivity index (χ2v) is 4.20. The lowest BCUT2D eigenvalue weighted by Gasteiger charge is -2.30. The van der Waals surface area contributed by atoms with Gasteiger partial charge in [0.2, 0.25) is 0 Å². The smallest absolute Gasteiger partial charge is 0.00886 e. The lowest BCUT2D eigenvalue weighted by molar-refractivity contribution is 0.185. The molecule has 14 heavy (non-hydrogen) atoms. The van der Waals surface area contributed by atoms with Crippen molar-refractivity contribution in [1.82, 2.24) is 4.90 Å². The second-order valence-electron chi connectivity index (χ2n) is 4.20. The van der Waals surface area contributed by atoms with Crippen molar-refractivity contribution < 1.29 is 0 Å². The monoisotopic (exact) mass is 193 g/mol. The van der Waals surface area contributed by atoms with Crippen molar-refractivity contribution in [3.8, 4) is 11.8 Å². The number of piperidine rings is 1. The first kappa shape index (κ1) is 11.6. The Morgan fingerprint density at radius 1 is 1.29 bits per heavy atom. The minimum atomic E-state index is 0.983. The standard InChI is InChI=1S/C13H23N/c1-3-5-6-7-8-13-9-11-14(4-2)12-10-13/h13H,4,6-12H2,1-2H3. The number of unbranched alkanes of at least 4 members (excludes halogenated alkanes) is 1. The molecule has 0 unspecified atom stereocenters. The van der Waals surface area contributed by atoms with Crippen molar-refractivity contribution >= 4 is 0 Å². The molecule has 0 aliphatic carbocycles. The zero-order valence-corrected chi connectivity index (χ0v) is 9.68. The quantitative estimate of drug-likeness (QED) is 0.490. The number of hydrogen-bond acceptors (Lipinski definition) is 1. The number of nitrogens with zero attached hydrogens (tertiary/aromatic N) is 1. The van der Waals surface area contributed by atoms with Gasteiger partial charge < -0.3 is 4.90 Å². The van der Waals surface area contributed by atoms with Gasteiger partial charge in [0.25, 0.3) is 0 Å². The fourth-order valence-electron chi connectivity index (χ4n) is 2.20. The Labute approximate surface area is 88.9 Å². The molecule has 0 atom stereocenters. The number of likely N-dealkylation sites (tertiary alicyclic amines) is 1. The van der Waals surface area contributed by atoms with Crippen molar-refractivity contribution in [2.24, 2.45) is 5.92 Å². The van der Waals surface area contributed by atoms with E-state index in [0.717, 1.165) is 12.3 Å². The first-order valence-electron chi connectivity index (χ1n) is 5.98. The first-order chi connectivity index (χ1) is 6.86. The molecule has 0 saturated carbocycles. The molecule has 0 N–H and O–H groups in total. The maximum absolute atomic E-state index is 3.15. The van der Waals surface area contributed by atoms with Gasteiger partial charge in [-0.3, -0.25) is 0 Å². The fourth-order valence-corrected chi connectivity index (χ4v) is 2.20. The Morgan fingerprint density at radius 2 is 2.00 bits per heavy atom. The van der Waals surface area contributed by atoms with E-state index in [0.29, 0.717) is 0 Å². The molecule has 0 radical (unpaired) electrons. The molecule has 1 heterocycles. The van der Waals surface area contributed by atoms with Gasteiger partial charge in [0.1, 0.15) is 0 Å². The highest BCUT2D eigenvalue weighted by Crippen LogP contribution is 2.21. The molecule has 1 rings (SSSR count). The van der Waals surface area contributed by atoms with Gasteiger partial charge in [0.05, 0.1) is 0 Å². The molecular formula is C13H23N. The zero-order valence-electron chi connectivity index (χ0n) is 9.68. The summed E-state index contributed by atoms with van der Waals surface area (Å²) in [6, 6.07) is 0. The van der Waals surface area contributed by atoms with Crippen LogP contribution in [0.4, 0.5) is 0 Å². The molecule has 0 aromatic rings. The maximum Gasteiger partial charge on any atom is 0.00886 e. The largest absolute Gasteiger partial charge is 0.304 e. The van der Waals surface area contributed by atoms with E-state index < -0.39 is 0 Å². The van der Waals surface area contributed by atoms with Crippen LogP contribution < -0.4 is 0 Å². The van der Waals surface area contributed by atoms with E-state index in [-0.39, 0.29) is 0 Å². The van der Waals surface area contributed by atoms with Crippen LogP contribution in [0.15, 0.2) is 0 Å². The average Bonchev–Trinajstić information content (AvgIpc) is 2.25. The third kappa shape index (κ3) is 4.15. The lowest BCUT2D eigenvalue weighted by atomic mass is 9.92. The number of rotatable bonds is 4. The van der Waals surface area contributed by atoms with E-state index in [1.54, 1.807) is 0 Å². The summed E-state index contributed by atoms with van der Waals surface area (Å²) in [5, 5.41) is 0. The Bertz CT molecular complexity index is 191. The van der Waals surface area contributed by atoms with Crippen LogP contribution >= 0.6 is 0 Å². The number of hydrogen-bond donors (Lipinski definition) is 0. The van der Waals surface area contributed by atoms with Gasteiger partial charge >= 0.3 is 0 Å². The predicted molar refractivity (Wildman–Crippen MR) is 62.1 cm³/mol. The molecule has 80 valence electrons. The summed E-state index contributed by atoms with van der Waals surface area (Å²) in [6.45, 7) is 8.06.